The molecule has 0 saturated carbocycles. The summed E-state index contributed by atoms with van der Waals surface area (Å²) >= 11 is 0. The number of aromatic amines is 2. The highest BCUT2D eigenvalue weighted by atomic mass is 32.2. The summed E-state index contributed by atoms with van der Waals surface area (Å²) in [7, 11) is -2.10. The number of nitrogens with zero attached hydrogens (tertiary/aromatic N) is 4. The fourth-order valence-corrected chi connectivity index (χ4v) is 2.31. The molecule has 2 aromatic heterocycles. The third-order valence-electron chi connectivity index (χ3n) is 2.17. The molecule has 2 heterocycles. The lowest BCUT2D eigenvalue weighted by atomic mass is 10.6. The largest absolute Gasteiger partial charge is 0.335 e. The van der Waals surface area contributed by atoms with E-state index in [9.17, 15) is 8.42 Å². The molecule has 0 amide bonds. The van der Waals surface area contributed by atoms with Crippen LogP contribution < -0.4 is 0 Å². The van der Waals surface area contributed by atoms with Gasteiger partial charge in [0.1, 0.15) is 5.82 Å². The molecule has 0 fully saturated rings. The van der Waals surface area contributed by atoms with E-state index in [-0.39, 0.29) is 11.6 Å². The molecule has 0 aliphatic carbocycles. The fourth-order valence-electron chi connectivity index (χ4n) is 1.30. The molecule has 0 aliphatic rings. The Hall–Kier alpha value is -1.74. The predicted octanol–water partition coefficient (Wildman–Crippen LogP) is -0.343. The maximum Gasteiger partial charge on any atom is 0.260 e. The molecule has 0 atom stereocenters. The van der Waals surface area contributed by atoms with Gasteiger partial charge >= 0.3 is 0 Å². The van der Waals surface area contributed by atoms with E-state index >= 15 is 0 Å². The number of aryl methyl sites for hydroxylation is 1. The summed E-state index contributed by atoms with van der Waals surface area (Å²) in [5.74, 6) is 1.07. The summed E-state index contributed by atoms with van der Waals surface area (Å²) in [5.41, 5.74) is 0. The smallest absolute Gasteiger partial charge is 0.260 e. The Kier molecular flexibility index (Phi) is 2.94. The zero-order valence-corrected chi connectivity index (χ0v) is 10.2. The van der Waals surface area contributed by atoms with Crippen molar-refractivity contribution in [2.24, 2.45) is 0 Å². The number of sulfonamides is 1. The number of rotatable bonds is 4. The van der Waals surface area contributed by atoms with Gasteiger partial charge < -0.3 is 4.98 Å². The van der Waals surface area contributed by atoms with Crippen LogP contribution in [0.1, 0.15) is 11.6 Å². The van der Waals surface area contributed by atoms with Crippen LogP contribution in [0.5, 0.6) is 0 Å². The van der Waals surface area contributed by atoms with Crippen molar-refractivity contribution < 1.29 is 8.42 Å². The molecule has 17 heavy (non-hydrogen) atoms. The van der Waals surface area contributed by atoms with Crippen LogP contribution in [-0.4, -0.2) is 44.9 Å². The van der Waals surface area contributed by atoms with Crippen molar-refractivity contribution in [2.45, 2.75) is 18.5 Å². The van der Waals surface area contributed by atoms with Crippen LogP contribution in [0.4, 0.5) is 0 Å². The highest BCUT2D eigenvalue weighted by Gasteiger charge is 2.23. The zero-order chi connectivity index (χ0) is 12.5. The summed E-state index contributed by atoms with van der Waals surface area (Å²) in [4.78, 5) is 10.3. The van der Waals surface area contributed by atoms with Crippen LogP contribution in [-0.2, 0) is 16.6 Å². The maximum atomic E-state index is 12.0. The number of nitrogens with one attached hydrogen (secondary N) is 2. The summed E-state index contributed by atoms with van der Waals surface area (Å²) < 4.78 is 25.1. The second-order valence-electron chi connectivity index (χ2n) is 3.51. The maximum absolute atomic E-state index is 12.0. The Labute approximate surface area is 98.1 Å². The van der Waals surface area contributed by atoms with E-state index in [1.54, 1.807) is 6.92 Å². The van der Waals surface area contributed by atoms with E-state index in [0.29, 0.717) is 11.6 Å². The van der Waals surface area contributed by atoms with Crippen LogP contribution in [0.3, 0.4) is 0 Å². The number of aromatic nitrogens is 5. The molecule has 8 nitrogen and oxygen atoms in total. The van der Waals surface area contributed by atoms with E-state index in [4.69, 9.17) is 0 Å². The van der Waals surface area contributed by atoms with Crippen molar-refractivity contribution in [1.29, 1.82) is 0 Å². The summed E-state index contributed by atoms with van der Waals surface area (Å²) in [6, 6.07) is 0. The Morgan fingerprint density at radius 1 is 1.47 bits per heavy atom. The van der Waals surface area contributed by atoms with Crippen molar-refractivity contribution >= 4 is 10.0 Å². The van der Waals surface area contributed by atoms with Gasteiger partial charge in [-0.25, -0.2) is 18.4 Å². The van der Waals surface area contributed by atoms with E-state index in [0.717, 1.165) is 4.31 Å². The van der Waals surface area contributed by atoms with Crippen LogP contribution >= 0.6 is 0 Å². The normalized spacial score (nSPS) is 12.2. The van der Waals surface area contributed by atoms with Gasteiger partial charge in [0.15, 0.2) is 10.9 Å². The highest BCUT2D eigenvalue weighted by Crippen LogP contribution is 2.11. The third kappa shape index (κ3) is 2.34. The van der Waals surface area contributed by atoms with E-state index < -0.39 is 10.0 Å². The van der Waals surface area contributed by atoms with Gasteiger partial charge in [-0.3, -0.25) is 5.10 Å². The molecule has 0 unspecified atom stereocenters. The van der Waals surface area contributed by atoms with Crippen LogP contribution in [0.2, 0.25) is 0 Å². The van der Waals surface area contributed by atoms with Gasteiger partial charge in [0.2, 0.25) is 0 Å². The molecule has 9 heteroatoms. The zero-order valence-electron chi connectivity index (χ0n) is 9.38. The van der Waals surface area contributed by atoms with Gasteiger partial charge in [-0.05, 0) is 6.92 Å². The molecule has 2 aromatic rings. The molecule has 92 valence electrons. The average molecular weight is 256 g/mol. The van der Waals surface area contributed by atoms with Gasteiger partial charge in [0.05, 0.1) is 19.1 Å². The Balaban J connectivity index is 2.18. The Morgan fingerprint density at radius 2 is 2.24 bits per heavy atom. The number of imidazole rings is 1. The molecule has 0 radical (unpaired) electrons. The minimum Gasteiger partial charge on any atom is -0.335 e. The SMILES string of the molecule is Cc1nc(CN(C)S(=O)(=O)c2cnc[nH]2)n[nH]1. The molecular weight excluding hydrogens is 244 g/mol. The quantitative estimate of drug-likeness (QED) is 0.777. The monoisotopic (exact) mass is 256 g/mol. The number of hydrogen-bond acceptors (Lipinski definition) is 5. The molecule has 0 aromatic carbocycles. The van der Waals surface area contributed by atoms with Crippen molar-refractivity contribution in [3.8, 4) is 0 Å². The first kappa shape index (κ1) is 11.7. The van der Waals surface area contributed by atoms with Gasteiger partial charge in [-0.2, -0.15) is 9.40 Å². The van der Waals surface area contributed by atoms with Crippen molar-refractivity contribution in [1.82, 2.24) is 29.5 Å². The van der Waals surface area contributed by atoms with Crippen molar-refractivity contribution in [3.05, 3.63) is 24.2 Å². The van der Waals surface area contributed by atoms with Crippen molar-refractivity contribution in [3.63, 3.8) is 0 Å². The first-order chi connectivity index (χ1) is 8.00. The van der Waals surface area contributed by atoms with Crippen LogP contribution in [0.15, 0.2) is 17.6 Å². The number of H-pyrrole nitrogens is 2. The van der Waals surface area contributed by atoms with E-state index in [1.807, 2.05) is 0 Å². The summed E-state index contributed by atoms with van der Waals surface area (Å²) in [6.45, 7) is 1.85. The number of hydrogen-bond donors (Lipinski definition) is 2. The standard InChI is InChI=1S/C8H12N6O2S/c1-6-11-7(13-12-6)4-14(2)17(15,16)8-3-9-5-10-8/h3,5H,4H2,1-2H3,(H,9,10)(H,11,12,13). The second kappa shape index (κ2) is 4.26. The van der Waals surface area contributed by atoms with E-state index in [2.05, 4.69) is 25.1 Å². The molecule has 0 saturated heterocycles. The summed E-state index contributed by atoms with van der Waals surface area (Å²) in [6.07, 6.45) is 2.58. The lowest BCUT2D eigenvalue weighted by Gasteiger charge is -2.13. The van der Waals surface area contributed by atoms with Crippen molar-refractivity contribution in [2.75, 3.05) is 7.05 Å². The molecule has 0 spiro atoms. The summed E-state index contributed by atoms with van der Waals surface area (Å²) in [5, 5.41) is 6.59. The first-order valence-corrected chi connectivity index (χ1v) is 6.27. The van der Waals surface area contributed by atoms with Crippen LogP contribution in [0, 0.1) is 6.92 Å². The Morgan fingerprint density at radius 3 is 2.76 bits per heavy atom. The molecule has 0 bridgehead atoms. The van der Waals surface area contributed by atoms with Gasteiger partial charge in [0, 0.05) is 7.05 Å². The van der Waals surface area contributed by atoms with Crippen LogP contribution in [0.25, 0.3) is 0 Å². The predicted molar refractivity (Wildman–Crippen MR) is 58.4 cm³/mol. The fraction of sp³-hybridized carbons (Fsp3) is 0.375. The minimum absolute atomic E-state index is 0.0484. The first-order valence-electron chi connectivity index (χ1n) is 4.83. The minimum atomic E-state index is -3.56. The van der Waals surface area contributed by atoms with Gasteiger partial charge in [0.25, 0.3) is 10.0 Å². The highest BCUT2D eigenvalue weighted by molar-refractivity contribution is 7.89. The second-order valence-corrected chi connectivity index (χ2v) is 5.53. The van der Waals surface area contributed by atoms with E-state index in [1.165, 1.54) is 19.6 Å². The lowest BCUT2D eigenvalue weighted by Crippen LogP contribution is -2.27. The van der Waals surface area contributed by atoms with Gasteiger partial charge in [-0.15, -0.1) is 0 Å². The third-order valence-corrected chi connectivity index (χ3v) is 3.90. The van der Waals surface area contributed by atoms with Gasteiger partial charge in [-0.1, -0.05) is 0 Å². The lowest BCUT2D eigenvalue weighted by molar-refractivity contribution is 0.455. The molecule has 2 N–H and O–H groups in total. The molecule has 2 rings (SSSR count). The average Bonchev–Trinajstić information content (AvgIpc) is 2.89. The molecule has 0 aliphatic heterocycles. The molecular formula is C8H12N6O2S. The Bertz CT molecular complexity index is 587. The topological polar surface area (TPSA) is 108 Å².